The zero-order valence-electron chi connectivity index (χ0n) is 20.4. The Kier molecular flexibility index (Phi) is 7.84. The molecule has 0 aliphatic heterocycles. The second-order valence-electron chi connectivity index (χ2n) is 9.66. The molecular formula is C30H28Cl2OSiZr. The number of aryl methyl sites for hydroxylation is 1. The first kappa shape index (κ1) is 26.4. The summed E-state index contributed by atoms with van der Waals surface area (Å²) in [5.41, 5.74) is 11.3. The summed E-state index contributed by atoms with van der Waals surface area (Å²) < 4.78 is 8.21. The number of hydrogen-bond donors (Lipinski definition) is 0. The minimum Gasteiger partial charge on any atom is -1.00 e. The van der Waals surface area contributed by atoms with Gasteiger partial charge in [0.2, 0.25) is 0 Å². The fraction of sp³-hybridized carbons (Fsp3) is 0.200. The van der Waals surface area contributed by atoms with Gasteiger partial charge in [-0.25, -0.2) is 0 Å². The van der Waals surface area contributed by atoms with E-state index in [1.807, 2.05) is 6.07 Å². The minimum atomic E-state index is -2.14. The molecule has 3 aromatic rings. The molecule has 0 saturated carbocycles. The molecule has 1 aromatic heterocycles. The summed E-state index contributed by atoms with van der Waals surface area (Å²) in [7, 11) is 0. The van der Waals surface area contributed by atoms with Crippen LogP contribution in [-0.2, 0) is 20.4 Å². The van der Waals surface area contributed by atoms with E-state index in [0.717, 1.165) is 5.76 Å². The van der Waals surface area contributed by atoms with Gasteiger partial charge in [0.1, 0.15) is 0 Å². The number of fused-ring (bicyclic) bond motifs is 4. The van der Waals surface area contributed by atoms with Gasteiger partial charge in [0.15, 0.2) is 0 Å². The van der Waals surface area contributed by atoms with E-state index < -0.39 is 25.8 Å². The summed E-state index contributed by atoms with van der Waals surface area (Å²) in [6.45, 7) is 9.79. The summed E-state index contributed by atoms with van der Waals surface area (Å²) in [5, 5.41) is 0. The van der Waals surface area contributed by atoms with E-state index in [9.17, 15) is 0 Å². The maximum Gasteiger partial charge on any atom is -1.00 e. The summed E-state index contributed by atoms with van der Waals surface area (Å²) >= 11 is -2.14. The van der Waals surface area contributed by atoms with Crippen LogP contribution in [-0.4, -0.2) is 5.43 Å². The smallest absolute Gasteiger partial charge is 1.00 e. The van der Waals surface area contributed by atoms with E-state index in [4.69, 9.17) is 4.42 Å². The normalized spacial score (nSPS) is 18.5. The molecule has 0 saturated heterocycles. The van der Waals surface area contributed by atoms with E-state index in [1.54, 1.807) is 31.8 Å². The Morgan fingerprint density at radius 3 is 2.46 bits per heavy atom. The molecule has 0 bridgehead atoms. The third-order valence-electron chi connectivity index (χ3n) is 7.29. The van der Waals surface area contributed by atoms with Crippen LogP contribution >= 0.6 is 0 Å². The quantitative estimate of drug-likeness (QED) is 0.424. The summed E-state index contributed by atoms with van der Waals surface area (Å²) in [6, 6.07) is 18.1. The number of rotatable bonds is 3. The predicted octanol–water partition coefficient (Wildman–Crippen LogP) is 2.22. The Bertz CT molecular complexity index is 1450. The molecule has 2 unspecified atom stereocenters. The molecule has 0 N–H and O–H groups in total. The van der Waals surface area contributed by atoms with Crippen LogP contribution in [0.2, 0.25) is 13.1 Å². The van der Waals surface area contributed by atoms with Crippen LogP contribution in [0.15, 0.2) is 94.7 Å². The second kappa shape index (κ2) is 10.4. The Morgan fingerprint density at radius 2 is 1.71 bits per heavy atom. The zero-order chi connectivity index (χ0) is 22.7. The van der Waals surface area contributed by atoms with Crippen molar-refractivity contribution in [2.75, 3.05) is 0 Å². The molecule has 176 valence electrons. The van der Waals surface area contributed by atoms with Crippen molar-refractivity contribution in [1.29, 1.82) is 0 Å². The van der Waals surface area contributed by atoms with E-state index >= 15 is 0 Å². The van der Waals surface area contributed by atoms with E-state index in [1.165, 1.54) is 22.3 Å². The fourth-order valence-corrected chi connectivity index (χ4v) is 24.9. The van der Waals surface area contributed by atoms with E-state index in [0.29, 0.717) is 9.54 Å². The second-order valence-corrected chi connectivity index (χ2v) is 26.9. The molecule has 3 aliphatic carbocycles. The monoisotopic (exact) mass is 592 g/mol. The van der Waals surface area contributed by atoms with Gasteiger partial charge in [0, 0.05) is 0 Å². The Hall–Kier alpha value is -1.64. The summed E-state index contributed by atoms with van der Waals surface area (Å²) in [6.07, 6.45) is 13.6. The Labute approximate surface area is 228 Å². The first-order chi connectivity index (χ1) is 16.0. The van der Waals surface area contributed by atoms with Gasteiger partial charge in [-0.3, -0.25) is 0 Å². The van der Waals surface area contributed by atoms with Crippen LogP contribution in [0.4, 0.5) is 0 Å². The van der Waals surface area contributed by atoms with Crippen molar-refractivity contribution in [1.82, 2.24) is 0 Å². The van der Waals surface area contributed by atoms with Gasteiger partial charge in [-0.15, -0.1) is 0 Å². The molecule has 0 amide bonds. The third kappa shape index (κ3) is 4.29. The number of halogens is 2. The molecule has 5 heteroatoms. The van der Waals surface area contributed by atoms with E-state index in [2.05, 4.69) is 99.8 Å². The van der Waals surface area contributed by atoms with Crippen LogP contribution < -0.4 is 24.8 Å². The molecule has 35 heavy (non-hydrogen) atoms. The molecule has 6 rings (SSSR count). The van der Waals surface area contributed by atoms with Gasteiger partial charge in [-0.05, 0) is 0 Å². The number of hydrogen-bond acceptors (Lipinski definition) is 1. The molecule has 1 heterocycles. The average molecular weight is 595 g/mol. The first-order valence-corrected chi connectivity index (χ1v) is 20.6. The van der Waals surface area contributed by atoms with Crippen molar-refractivity contribution >= 4 is 14.8 Å². The van der Waals surface area contributed by atoms with Crippen molar-refractivity contribution in [2.45, 2.75) is 36.5 Å². The van der Waals surface area contributed by atoms with Gasteiger partial charge in [0.25, 0.3) is 0 Å². The number of benzene rings is 2. The fourth-order valence-electron chi connectivity index (χ4n) is 5.93. The molecule has 0 radical (unpaired) electrons. The average Bonchev–Trinajstić information content (AvgIpc) is 3.51. The molecule has 0 fully saturated rings. The third-order valence-corrected chi connectivity index (χ3v) is 25.5. The van der Waals surface area contributed by atoms with Crippen LogP contribution in [0.1, 0.15) is 44.3 Å². The SMILES string of the molecule is CC1=Cc2c(-c3ccco3)cccc2[CH]1[Zr+2]([C]1=C2C=CC=CC2c2ccc(C)cc21)=[Si](C)C.[Cl-].[Cl-]. The van der Waals surface area contributed by atoms with Gasteiger partial charge in [0.05, 0.1) is 0 Å². The zero-order valence-corrected chi connectivity index (χ0v) is 25.4. The van der Waals surface area contributed by atoms with Crippen LogP contribution in [0.3, 0.4) is 0 Å². The van der Waals surface area contributed by atoms with Crippen molar-refractivity contribution < 1.29 is 49.6 Å². The van der Waals surface area contributed by atoms with Crippen LogP contribution in [0, 0.1) is 6.92 Å². The summed E-state index contributed by atoms with van der Waals surface area (Å²) in [4.78, 5) is 0. The summed E-state index contributed by atoms with van der Waals surface area (Å²) in [5.74, 6) is 1.42. The van der Waals surface area contributed by atoms with Gasteiger partial charge < -0.3 is 24.8 Å². The molecule has 1 nitrogen and oxygen atoms in total. The molecule has 2 atom stereocenters. The Balaban J connectivity index is 0.00000144. The predicted molar refractivity (Wildman–Crippen MR) is 137 cm³/mol. The molecule has 2 aromatic carbocycles. The molecule has 3 aliphatic rings. The van der Waals surface area contributed by atoms with Gasteiger partial charge in [-0.2, -0.15) is 0 Å². The van der Waals surface area contributed by atoms with Crippen molar-refractivity contribution in [3.05, 3.63) is 118 Å². The topological polar surface area (TPSA) is 13.1 Å². The first-order valence-electron chi connectivity index (χ1n) is 11.8. The standard InChI is InChI=1S/C14H11O.C14H11.C2H6Si.2ClH.Zr/c1-10-8-11-4-2-5-12(13(11)9-10)14-6-3-7-15-14;1-10-6-7-14-12(8-10)9-11-4-2-3-5-13(11)14;1-3-2;;;/h2-9H,1H3;2-8,13H,1H3;1-2H3;2*1H;/q;;;;;+2/p-2. The number of allylic oxidation sites excluding steroid dienone is 6. The maximum atomic E-state index is 5.82. The molecule has 0 spiro atoms. The van der Waals surface area contributed by atoms with Crippen LogP contribution in [0.25, 0.3) is 20.7 Å². The maximum absolute atomic E-state index is 5.82. The van der Waals surface area contributed by atoms with Gasteiger partial charge >= 0.3 is 205 Å². The van der Waals surface area contributed by atoms with Crippen molar-refractivity contribution in [3.63, 3.8) is 0 Å². The Morgan fingerprint density at radius 1 is 0.886 bits per heavy atom. The van der Waals surface area contributed by atoms with Crippen molar-refractivity contribution in [2.24, 2.45) is 0 Å². The van der Waals surface area contributed by atoms with E-state index in [-0.39, 0.29) is 24.8 Å². The molecular weight excluding hydrogens is 567 g/mol. The van der Waals surface area contributed by atoms with Gasteiger partial charge in [-0.1, -0.05) is 0 Å². The largest absolute Gasteiger partial charge is 1.00 e. The minimum absolute atomic E-state index is 0. The number of furan rings is 1. The van der Waals surface area contributed by atoms with Crippen molar-refractivity contribution in [3.8, 4) is 11.3 Å². The van der Waals surface area contributed by atoms with Crippen LogP contribution in [0.5, 0.6) is 0 Å².